The van der Waals surface area contributed by atoms with E-state index >= 15 is 0 Å². The predicted octanol–water partition coefficient (Wildman–Crippen LogP) is -0.223. The van der Waals surface area contributed by atoms with Gasteiger partial charge in [0.1, 0.15) is 42.1 Å². The normalized spacial score (nSPS) is 26.0. The lowest BCUT2D eigenvalue weighted by Crippen LogP contribution is -2.47. The Morgan fingerprint density at radius 2 is 2.14 bits per heavy atom. The molecule has 0 bridgehead atoms. The Balaban J connectivity index is 1.63. The third-order valence-electron chi connectivity index (χ3n) is 6.12. The predicted molar refractivity (Wildman–Crippen MR) is 126 cm³/mol. The van der Waals surface area contributed by atoms with Crippen LogP contribution in [-0.4, -0.2) is 68.4 Å². The summed E-state index contributed by atoms with van der Waals surface area (Å²) in [5.74, 6) is -0.741. The molecule has 0 aromatic carbocycles. The highest BCUT2D eigenvalue weighted by Crippen LogP contribution is 2.45. The molecule has 1 saturated heterocycles. The van der Waals surface area contributed by atoms with Crippen molar-refractivity contribution in [1.29, 1.82) is 0 Å². The maximum absolute atomic E-state index is 12.5. The lowest BCUT2D eigenvalue weighted by atomic mass is 9.96. The van der Waals surface area contributed by atoms with Crippen LogP contribution in [0.2, 0.25) is 0 Å². The fourth-order valence-corrected chi connectivity index (χ4v) is 4.29. The van der Waals surface area contributed by atoms with Gasteiger partial charge >= 0.3 is 5.97 Å². The Morgan fingerprint density at radius 3 is 2.80 bits per heavy atom. The van der Waals surface area contributed by atoms with Crippen LogP contribution in [0, 0.1) is 5.92 Å². The number of hydrogen-bond donors (Lipinski definition) is 5. The van der Waals surface area contributed by atoms with E-state index in [9.17, 15) is 24.6 Å². The summed E-state index contributed by atoms with van der Waals surface area (Å²) in [6.45, 7) is 5.84. The standard InChI is InChI=1S/C22H28N6O7/c1-9(2)16(26-10(3)29)20(32)34-7-13-17(31)22(4,33)21(35-13)28-6-11-12(23)5-14(30)27-18-15(11)19(28)25-8-24-18/h5-6,8-9,13,16-17,21,31,33H,7,23H2,1-4H3,(H,26,29)(H,24,25,27,30)/t13-,16+,17-,21-,22-/m1/s1. The summed E-state index contributed by atoms with van der Waals surface area (Å²) in [5, 5.41) is 28.2. The zero-order chi connectivity index (χ0) is 25.7. The number of aliphatic imine (C=N–C) groups is 1. The summed E-state index contributed by atoms with van der Waals surface area (Å²) >= 11 is 0. The first-order valence-corrected chi connectivity index (χ1v) is 11.1. The minimum absolute atomic E-state index is 0.156. The van der Waals surface area contributed by atoms with Gasteiger partial charge in [-0.05, 0) is 12.8 Å². The highest BCUT2D eigenvalue weighted by atomic mass is 16.6. The molecule has 2 aromatic heterocycles. The van der Waals surface area contributed by atoms with E-state index in [1.54, 1.807) is 20.0 Å². The molecule has 5 atom stereocenters. The smallest absolute Gasteiger partial charge is 0.328 e. The van der Waals surface area contributed by atoms with Gasteiger partial charge in [-0.25, -0.2) is 9.79 Å². The third kappa shape index (κ3) is 4.33. The molecule has 2 aliphatic rings. The molecular weight excluding hydrogens is 460 g/mol. The van der Waals surface area contributed by atoms with Crippen LogP contribution in [0.25, 0.3) is 10.8 Å². The molecular formula is C22H28N6O7. The molecule has 1 fully saturated rings. The van der Waals surface area contributed by atoms with Gasteiger partial charge in [0.25, 0.3) is 5.56 Å². The van der Waals surface area contributed by atoms with Crippen LogP contribution in [0.15, 0.2) is 22.1 Å². The molecule has 13 heteroatoms. The van der Waals surface area contributed by atoms with E-state index in [4.69, 9.17) is 15.2 Å². The van der Waals surface area contributed by atoms with E-state index < -0.39 is 41.6 Å². The van der Waals surface area contributed by atoms with Crippen molar-refractivity contribution in [3.63, 3.8) is 0 Å². The van der Waals surface area contributed by atoms with Crippen molar-refractivity contribution in [2.75, 3.05) is 17.7 Å². The van der Waals surface area contributed by atoms with Crippen LogP contribution in [0.1, 0.15) is 33.9 Å². The SMILES string of the molecule is CC(=O)N[C@H](C(=O)OC[C@H]1O[C@@H](n2cc3c(N)cc(=O)nc4c3c2N=CN4)[C@](C)(O)[C@@H]1O)C(C)C. The maximum atomic E-state index is 12.5. The lowest BCUT2D eigenvalue weighted by molar-refractivity contribution is -0.155. The van der Waals surface area contributed by atoms with E-state index in [0.717, 1.165) is 0 Å². The number of hydrogen-bond acceptors (Lipinski definition) is 11. The van der Waals surface area contributed by atoms with Crippen molar-refractivity contribution in [1.82, 2.24) is 14.9 Å². The molecule has 35 heavy (non-hydrogen) atoms. The van der Waals surface area contributed by atoms with Crippen LogP contribution in [-0.2, 0) is 19.1 Å². The van der Waals surface area contributed by atoms with E-state index in [2.05, 4.69) is 20.6 Å². The number of carbonyl (C=O) groups excluding carboxylic acids is 2. The number of nitrogens with zero attached hydrogens (tertiary/aromatic N) is 3. The summed E-state index contributed by atoms with van der Waals surface area (Å²) < 4.78 is 12.8. The Kier molecular flexibility index (Phi) is 6.25. The van der Waals surface area contributed by atoms with Crippen molar-refractivity contribution >= 4 is 46.3 Å². The number of nitrogens with one attached hydrogen (secondary N) is 2. The molecule has 0 saturated carbocycles. The van der Waals surface area contributed by atoms with Gasteiger partial charge in [0.05, 0.1) is 11.7 Å². The molecule has 0 unspecified atom stereocenters. The molecule has 1 amide bonds. The number of nitrogen functional groups attached to an aromatic ring is 1. The second-order valence-corrected chi connectivity index (χ2v) is 9.20. The second-order valence-electron chi connectivity index (χ2n) is 9.20. The van der Waals surface area contributed by atoms with E-state index in [0.29, 0.717) is 16.6 Å². The number of amides is 1. The number of aliphatic hydroxyl groups is 2. The number of carbonyl (C=O) groups is 2. The minimum Gasteiger partial charge on any atom is -0.461 e. The van der Waals surface area contributed by atoms with Gasteiger partial charge in [0.2, 0.25) is 5.91 Å². The number of esters is 1. The average Bonchev–Trinajstić information content (AvgIpc) is 3.21. The summed E-state index contributed by atoms with van der Waals surface area (Å²) in [5.41, 5.74) is 3.89. The molecule has 0 spiro atoms. The van der Waals surface area contributed by atoms with Crippen LogP contribution in [0.3, 0.4) is 0 Å². The molecule has 6 N–H and O–H groups in total. The zero-order valence-electron chi connectivity index (χ0n) is 19.7. The van der Waals surface area contributed by atoms with Gasteiger partial charge in [-0.15, -0.1) is 0 Å². The van der Waals surface area contributed by atoms with Gasteiger partial charge in [0.15, 0.2) is 6.23 Å². The number of nitrogens with two attached hydrogens (primary N) is 1. The molecule has 4 heterocycles. The zero-order valence-corrected chi connectivity index (χ0v) is 19.7. The van der Waals surface area contributed by atoms with Crippen LogP contribution in [0.4, 0.5) is 17.3 Å². The van der Waals surface area contributed by atoms with Gasteiger partial charge < -0.3 is 40.6 Å². The van der Waals surface area contributed by atoms with Crippen molar-refractivity contribution in [2.24, 2.45) is 10.9 Å². The topological polar surface area (TPSA) is 190 Å². The first-order chi connectivity index (χ1) is 16.4. The molecule has 2 aliphatic heterocycles. The first-order valence-electron chi connectivity index (χ1n) is 11.1. The Morgan fingerprint density at radius 1 is 1.43 bits per heavy atom. The molecule has 2 aromatic rings. The van der Waals surface area contributed by atoms with Gasteiger partial charge in [-0.2, -0.15) is 4.98 Å². The Hall–Kier alpha value is -3.55. The number of rotatable bonds is 6. The number of anilines is 2. The first kappa shape index (κ1) is 24.6. The van der Waals surface area contributed by atoms with Crippen LogP contribution < -0.4 is 21.9 Å². The summed E-state index contributed by atoms with van der Waals surface area (Å²) in [6.07, 6.45) is -0.753. The van der Waals surface area contributed by atoms with Crippen molar-refractivity contribution < 1.29 is 29.3 Å². The maximum Gasteiger partial charge on any atom is 0.328 e. The lowest BCUT2D eigenvalue weighted by Gasteiger charge is -2.28. The Bertz CT molecular complexity index is 1270. The van der Waals surface area contributed by atoms with Crippen LogP contribution >= 0.6 is 0 Å². The fourth-order valence-electron chi connectivity index (χ4n) is 4.29. The summed E-state index contributed by atoms with van der Waals surface area (Å²) in [4.78, 5) is 44.2. The third-order valence-corrected chi connectivity index (χ3v) is 6.12. The highest BCUT2D eigenvalue weighted by Gasteiger charge is 2.54. The second kappa shape index (κ2) is 8.91. The van der Waals surface area contributed by atoms with Gasteiger partial charge in [0, 0.05) is 30.3 Å². The number of aromatic nitrogens is 2. The molecule has 0 radical (unpaired) electrons. The molecule has 0 aliphatic carbocycles. The van der Waals surface area contributed by atoms with E-state index in [1.165, 1.54) is 30.8 Å². The van der Waals surface area contributed by atoms with Gasteiger partial charge in [-0.3, -0.25) is 9.59 Å². The van der Waals surface area contributed by atoms with E-state index in [1.807, 2.05) is 0 Å². The van der Waals surface area contributed by atoms with Crippen molar-refractivity contribution in [3.8, 4) is 0 Å². The van der Waals surface area contributed by atoms with Crippen molar-refractivity contribution in [3.05, 3.63) is 22.6 Å². The quantitative estimate of drug-likeness (QED) is 0.340. The van der Waals surface area contributed by atoms with E-state index in [-0.39, 0.29) is 29.9 Å². The van der Waals surface area contributed by atoms with Crippen molar-refractivity contribution in [2.45, 2.75) is 57.8 Å². The largest absolute Gasteiger partial charge is 0.461 e. The average molecular weight is 489 g/mol. The minimum atomic E-state index is -1.81. The monoisotopic (exact) mass is 488 g/mol. The molecule has 13 nitrogen and oxygen atoms in total. The summed E-state index contributed by atoms with van der Waals surface area (Å²) in [7, 11) is 0. The molecule has 4 rings (SSSR count). The number of ether oxygens (including phenoxy) is 2. The summed E-state index contributed by atoms with van der Waals surface area (Å²) in [6, 6.07) is 0.307. The van der Waals surface area contributed by atoms with Crippen LogP contribution in [0.5, 0.6) is 0 Å². The Labute approximate surface area is 199 Å². The molecule has 188 valence electrons. The van der Waals surface area contributed by atoms with Gasteiger partial charge in [-0.1, -0.05) is 13.8 Å². The highest BCUT2D eigenvalue weighted by molar-refractivity contribution is 6.10. The fraction of sp³-hybridized carbons (Fsp3) is 0.500. The number of aliphatic hydroxyl groups excluding tert-OH is 1.